The van der Waals surface area contributed by atoms with E-state index in [1.807, 2.05) is 14.2 Å². The Labute approximate surface area is 197 Å². The van der Waals surface area contributed by atoms with Crippen molar-refractivity contribution < 1.29 is 14.2 Å². The average molecular weight is 445 g/mol. The quantitative estimate of drug-likeness (QED) is 0.430. The largest absolute Gasteiger partial charge is 0.381 e. The summed E-state index contributed by atoms with van der Waals surface area (Å²) in [6, 6.07) is 0. The van der Waals surface area contributed by atoms with Crippen molar-refractivity contribution in [1.82, 2.24) is 0 Å². The molecule has 4 aliphatic carbocycles. The maximum atomic E-state index is 7.63. The molecule has 3 heteroatoms. The second-order valence-electron chi connectivity index (χ2n) is 11.9. The number of fused-ring (bicyclic) bond motifs is 3. The molecule has 5 unspecified atom stereocenters. The van der Waals surface area contributed by atoms with Crippen LogP contribution in [-0.4, -0.2) is 38.1 Å². The predicted molar refractivity (Wildman–Crippen MR) is 130 cm³/mol. The third-order valence-electron chi connectivity index (χ3n) is 10.7. The van der Waals surface area contributed by atoms with Gasteiger partial charge in [-0.15, -0.1) is 0 Å². The highest BCUT2D eigenvalue weighted by Gasteiger charge is 2.55. The normalized spacial score (nSPS) is 49.3. The van der Waals surface area contributed by atoms with Gasteiger partial charge in [0.15, 0.2) is 0 Å². The molecule has 1 heterocycles. The molecule has 1 aliphatic heterocycles. The molecule has 0 bridgehead atoms. The Morgan fingerprint density at radius 1 is 0.812 bits per heavy atom. The van der Waals surface area contributed by atoms with Crippen LogP contribution in [-0.2, 0) is 14.2 Å². The number of hydrogen-bond donors (Lipinski definition) is 0. The van der Waals surface area contributed by atoms with E-state index in [-0.39, 0.29) is 5.60 Å². The van der Waals surface area contributed by atoms with Gasteiger partial charge >= 0.3 is 0 Å². The maximum Gasteiger partial charge on any atom is 0.0922 e. The van der Waals surface area contributed by atoms with Crippen LogP contribution < -0.4 is 0 Å². The van der Waals surface area contributed by atoms with Gasteiger partial charge in [-0.05, 0) is 93.8 Å². The first-order valence-corrected chi connectivity index (χ1v) is 14.1. The SMILES string of the molecule is CCC1CC2CCCCC2C2OC(C3CCC(OC)CC3)(C3CCC(OC)CC3)C=CC12. The molecule has 4 fully saturated rings. The van der Waals surface area contributed by atoms with Crippen molar-refractivity contribution in [3.05, 3.63) is 12.2 Å². The van der Waals surface area contributed by atoms with E-state index in [9.17, 15) is 0 Å². The van der Waals surface area contributed by atoms with Crippen LogP contribution in [0.5, 0.6) is 0 Å². The van der Waals surface area contributed by atoms with Crippen LogP contribution >= 0.6 is 0 Å². The Balaban J connectivity index is 1.45. The van der Waals surface area contributed by atoms with Crippen molar-refractivity contribution in [3.63, 3.8) is 0 Å². The van der Waals surface area contributed by atoms with E-state index in [2.05, 4.69) is 19.1 Å². The molecule has 4 saturated carbocycles. The van der Waals surface area contributed by atoms with Crippen LogP contribution in [0.15, 0.2) is 12.2 Å². The summed E-state index contributed by atoms with van der Waals surface area (Å²) in [6.45, 7) is 2.42. The van der Waals surface area contributed by atoms with Crippen molar-refractivity contribution in [2.45, 2.75) is 121 Å². The average Bonchev–Trinajstić information content (AvgIpc) is 2.88. The zero-order valence-electron chi connectivity index (χ0n) is 21.0. The highest BCUT2D eigenvalue weighted by Crippen LogP contribution is 2.56. The molecule has 0 N–H and O–H groups in total. The summed E-state index contributed by atoms with van der Waals surface area (Å²) in [5.74, 6) is 4.48. The summed E-state index contributed by atoms with van der Waals surface area (Å²) in [6.07, 6.45) is 25.0. The molecule has 3 nitrogen and oxygen atoms in total. The summed E-state index contributed by atoms with van der Waals surface area (Å²) in [7, 11) is 3.79. The van der Waals surface area contributed by atoms with Crippen molar-refractivity contribution in [2.24, 2.45) is 35.5 Å². The van der Waals surface area contributed by atoms with Crippen molar-refractivity contribution in [2.75, 3.05) is 14.2 Å². The molecular formula is C29H48O3. The first kappa shape index (κ1) is 23.4. The molecule has 182 valence electrons. The minimum absolute atomic E-state index is 0.0454. The van der Waals surface area contributed by atoms with E-state index in [4.69, 9.17) is 14.2 Å². The van der Waals surface area contributed by atoms with Gasteiger partial charge in [0.25, 0.3) is 0 Å². The van der Waals surface area contributed by atoms with Gasteiger partial charge in [0, 0.05) is 20.1 Å². The summed E-state index contributed by atoms with van der Waals surface area (Å²) >= 11 is 0. The monoisotopic (exact) mass is 444 g/mol. The second kappa shape index (κ2) is 10.1. The smallest absolute Gasteiger partial charge is 0.0922 e. The van der Waals surface area contributed by atoms with E-state index in [1.165, 1.54) is 89.9 Å². The third-order valence-corrected chi connectivity index (χ3v) is 10.7. The molecule has 0 spiro atoms. The number of rotatable bonds is 5. The fourth-order valence-corrected chi connectivity index (χ4v) is 8.77. The Kier molecular flexibility index (Phi) is 7.36. The van der Waals surface area contributed by atoms with E-state index in [0.717, 1.165) is 17.8 Å². The van der Waals surface area contributed by atoms with Crippen molar-refractivity contribution in [3.8, 4) is 0 Å². The van der Waals surface area contributed by atoms with E-state index >= 15 is 0 Å². The molecule has 32 heavy (non-hydrogen) atoms. The summed E-state index contributed by atoms with van der Waals surface area (Å²) in [5.41, 5.74) is -0.0454. The molecule has 0 saturated heterocycles. The van der Waals surface area contributed by atoms with Crippen LogP contribution in [0.4, 0.5) is 0 Å². The van der Waals surface area contributed by atoms with Gasteiger partial charge in [0.2, 0.25) is 0 Å². The van der Waals surface area contributed by atoms with Gasteiger partial charge < -0.3 is 14.2 Å². The molecule has 5 atom stereocenters. The van der Waals surface area contributed by atoms with Gasteiger partial charge in [-0.2, -0.15) is 0 Å². The number of ether oxygens (including phenoxy) is 3. The van der Waals surface area contributed by atoms with E-state index < -0.39 is 0 Å². The lowest BCUT2D eigenvalue weighted by molar-refractivity contribution is -0.210. The van der Waals surface area contributed by atoms with Crippen molar-refractivity contribution >= 4 is 0 Å². The van der Waals surface area contributed by atoms with Gasteiger partial charge in [-0.3, -0.25) is 0 Å². The Morgan fingerprint density at radius 3 is 1.97 bits per heavy atom. The zero-order valence-corrected chi connectivity index (χ0v) is 21.0. The molecular weight excluding hydrogens is 396 g/mol. The van der Waals surface area contributed by atoms with Crippen LogP contribution in [0.1, 0.15) is 96.8 Å². The van der Waals surface area contributed by atoms with Gasteiger partial charge in [0.1, 0.15) is 0 Å². The number of hydrogen-bond acceptors (Lipinski definition) is 3. The minimum atomic E-state index is -0.0454. The third kappa shape index (κ3) is 4.24. The molecule has 0 aromatic carbocycles. The predicted octanol–water partition coefficient (Wildman–Crippen LogP) is 6.94. The summed E-state index contributed by atoms with van der Waals surface area (Å²) < 4.78 is 19.1. The molecule has 0 aromatic heterocycles. The summed E-state index contributed by atoms with van der Waals surface area (Å²) in [4.78, 5) is 0. The highest BCUT2D eigenvalue weighted by atomic mass is 16.5. The Bertz CT molecular complexity index is 604. The van der Waals surface area contributed by atoms with E-state index in [0.29, 0.717) is 36.1 Å². The fourth-order valence-electron chi connectivity index (χ4n) is 8.77. The van der Waals surface area contributed by atoms with Gasteiger partial charge in [-0.25, -0.2) is 0 Å². The Hall–Kier alpha value is -0.380. The highest BCUT2D eigenvalue weighted by molar-refractivity contribution is 5.19. The van der Waals surface area contributed by atoms with Crippen LogP contribution in [0.2, 0.25) is 0 Å². The fraction of sp³-hybridized carbons (Fsp3) is 0.931. The van der Waals surface area contributed by atoms with Crippen LogP contribution in [0.3, 0.4) is 0 Å². The molecule has 5 aliphatic rings. The van der Waals surface area contributed by atoms with Gasteiger partial charge in [-0.1, -0.05) is 44.8 Å². The first-order chi connectivity index (χ1) is 15.7. The van der Waals surface area contributed by atoms with Gasteiger partial charge in [0.05, 0.1) is 23.9 Å². The van der Waals surface area contributed by atoms with Crippen LogP contribution in [0, 0.1) is 35.5 Å². The number of methoxy groups -OCH3 is 2. The van der Waals surface area contributed by atoms with Crippen LogP contribution in [0.25, 0.3) is 0 Å². The van der Waals surface area contributed by atoms with Crippen molar-refractivity contribution in [1.29, 1.82) is 0 Å². The van der Waals surface area contributed by atoms with E-state index in [1.54, 1.807) is 0 Å². The second-order valence-corrected chi connectivity index (χ2v) is 11.9. The summed E-state index contributed by atoms with van der Waals surface area (Å²) in [5, 5.41) is 0. The molecule has 0 aromatic rings. The first-order valence-electron chi connectivity index (χ1n) is 14.1. The lowest BCUT2D eigenvalue weighted by Gasteiger charge is -2.58. The topological polar surface area (TPSA) is 27.7 Å². The molecule has 0 amide bonds. The zero-order chi connectivity index (χ0) is 22.1. The Morgan fingerprint density at radius 2 is 1.41 bits per heavy atom. The molecule has 0 radical (unpaired) electrons. The standard InChI is InChI=1S/C29H48O3/c1-4-20-19-21-7-5-6-8-26(21)28-27(20)17-18-29(32-28,22-9-13-24(30-2)14-10-22)23-11-15-25(31-3)16-12-23/h17-18,20-28H,4-16,19H2,1-3H3. The maximum absolute atomic E-state index is 7.63. The lowest BCUT2D eigenvalue weighted by atomic mass is 9.58. The minimum Gasteiger partial charge on any atom is -0.381 e. The molecule has 5 rings (SSSR count). The lowest BCUT2D eigenvalue weighted by Crippen LogP contribution is -2.58.